The second-order valence-electron chi connectivity index (χ2n) is 4.25. The van der Waals surface area contributed by atoms with Gasteiger partial charge < -0.3 is 4.74 Å². The Morgan fingerprint density at radius 1 is 1.19 bits per heavy atom. The van der Waals surface area contributed by atoms with Crippen LogP contribution in [0.4, 0.5) is 0 Å². The first-order chi connectivity index (χ1) is 10.1. The molecule has 0 amide bonds. The number of hydrogen-bond donors (Lipinski definition) is 0. The number of benzene rings is 1. The van der Waals surface area contributed by atoms with Crippen molar-refractivity contribution < 1.29 is 9.53 Å². The molecule has 21 heavy (non-hydrogen) atoms. The van der Waals surface area contributed by atoms with Crippen molar-refractivity contribution in [1.29, 1.82) is 0 Å². The Morgan fingerprint density at radius 2 is 1.95 bits per heavy atom. The van der Waals surface area contributed by atoms with Crippen LogP contribution in [-0.4, -0.2) is 16.9 Å². The Morgan fingerprint density at radius 3 is 2.67 bits per heavy atom. The van der Waals surface area contributed by atoms with Gasteiger partial charge in [0.05, 0.1) is 0 Å². The fraction of sp³-hybridized carbons (Fsp3) is 0. The molecule has 3 rings (SSSR count). The van der Waals surface area contributed by atoms with Gasteiger partial charge in [-0.3, -0.25) is 4.98 Å². The van der Waals surface area contributed by atoms with E-state index in [4.69, 9.17) is 16.3 Å². The molecule has 1 aliphatic rings. The van der Waals surface area contributed by atoms with Gasteiger partial charge in [0.25, 0.3) is 0 Å². The monoisotopic (exact) mass is 362 g/mol. The number of aliphatic imine (C=N–C) groups is 1. The lowest BCUT2D eigenvalue weighted by Gasteiger charge is -1.97. The summed E-state index contributed by atoms with van der Waals surface area (Å²) < 4.78 is 6.09. The third kappa shape index (κ3) is 3.20. The highest BCUT2D eigenvalue weighted by Crippen LogP contribution is 2.20. The fourth-order valence-electron chi connectivity index (χ4n) is 1.76. The average molecular weight is 364 g/mol. The van der Waals surface area contributed by atoms with Gasteiger partial charge in [0, 0.05) is 15.7 Å². The van der Waals surface area contributed by atoms with Crippen molar-refractivity contribution in [1.82, 2.24) is 4.98 Å². The number of pyridine rings is 1. The second-order valence-corrected chi connectivity index (χ2v) is 5.60. The minimum absolute atomic E-state index is 0.158. The molecule has 0 saturated heterocycles. The number of hydrogen-bond acceptors (Lipinski definition) is 4. The molecule has 0 bridgehead atoms. The maximum atomic E-state index is 11.8. The van der Waals surface area contributed by atoms with E-state index in [1.807, 2.05) is 24.3 Å². The molecule has 0 spiro atoms. The standard InChI is InChI=1S/C15H8BrClN2O2/c16-10-3-1-9(2-4-10)7-13-15(20)21-14(19-13)12-8-11(17)5-6-18-12/h1-8H/b13-7-. The van der Waals surface area contributed by atoms with Crippen LogP contribution in [0, 0.1) is 0 Å². The van der Waals surface area contributed by atoms with Crippen molar-refractivity contribution in [2.24, 2.45) is 4.99 Å². The Balaban J connectivity index is 1.93. The minimum atomic E-state index is -0.505. The normalized spacial score (nSPS) is 16.0. The summed E-state index contributed by atoms with van der Waals surface area (Å²) in [5, 5.41) is 0.504. The zero-order valence-electron chi connectivity index (χ0n) is 10.6. The van der Waals surface area contributed by atoms with E-state index in [0.29, 0.717) is 10.7 Å². The topological polar surface area (TPSA) is 51.5 Å². The molecule has 0 fully saturated rings. The second kappa shape index (κ2) is 5.79. The number of ether oxygens (including phenoxy) is 1. The van der Waals surface area contributed by atoms with Gasteiger partial charge in [-0.1, -0.05) is 39.7 Å². The highest BCUT2D eigenvalue weighted by molar-refractivity contribution is 9.10. The first kappa shape index (κ1) is 14.0. The van der Waals surface area contributed by atoms with Crippen LogP contribution in [0.25, 0.3) is 6.08 Å². The van der Waals surface area contributed by atoms with Crippen LogP contribution >= 0.6 is 27.5 Å². The van der Waals surface area contributed by atoms with Crippen LogP contribution in [0.3, 0.4) is 0 Å². The van der Waals surface area contributed by atoms with Gasteiger partial charge >= 0.3 is 5.97 Å². The lowest BCUT2D eigenvalue weighted by Crippen LogP contribution is -2.06. The van der Waals surface area contributed by atoms with E-state index in [1.165, 1.54) is 6.20 Å². The number of nitrogens with zero attached hydrogens (tertiary/aromatic N) is 2. The van der Waals surface area contributed by atoms with Gasteiger partial charge in [-0.25, -0.2) is 9.79 Å². The van der Waals surface area contributed by atoms with Crippen LogP contribution in [0.1, 0.15) is 11.3 Å². The van der Waals surface area contributed by atoms with E-state index in [1.54, 1.807) is 18.2 Å². The number of carbonyl (C=O) groups excluding carboxylic acids is 1. The molecule has 1 aromatic heterocycles. The molecule has 4 nitrogen and oxygen atoms in total. The number of carbonyl (C=O) groups is 1. The molecular weight excluding hydrogens is 356 g/mol. The fourth-order valence-corrected chi connectivity index (χ4v) is 2.18. The van der Waals surface area contributed by atoms with E-state index < -0.39 is 5.97 Å². The third-order valence-corrected chi connectivity index (χ3v) is 3.50. The van der Waals surface area contributed by atoms with Crippen LogP contribution in [-0.2, 0) is 9.53 Å². The molecule has 6 heteroatoms. The Bertz CT molecular complexity index is 769. The van der Waals surface area contributed by atoms with Crippen molar-refractivity contribution in [3.8, 4) is 0 Å². The van der Waals surface area contributed by atoms with E-state index in [2.05, 4.69) is 25.9 Å². The van der Waals surface area contributed by atoms with Crippen LogP contribution in [0.5, 0.6) is 0 Å². The smallest absolute Gasteiger partial charge is 0.363 e. The SMILES string of the molecule is O=C1OC(c2cc(Cl)ccn2)=N/C1=C\c1ccc(Br)cc1. The molecule has 0 saturated carbocycles. The average Bonchev–Trinajstić information content (AvgIpc) is 2.83. The summed E-state index contributed by atoms with van der Waals surface area (Å²) in [4.78, 5) is 20.1. The maximum Gasteiger partial charge on any atom is 0.363 e. The summed E-state index contributed by atoms with van der Waals surface area (Å²) in [5.74, 6) is -0.347. The predicted molar refractivity (Wildman–Crippen MR) is 84.0 cm³/mol. The van der Waals surface area contributed by atoms with Crippen LogP contribution in [0.2, 0.25) is 5.02 Å². The number of cyclic esters (lactones) is 1. The maximum absolute atomic E-state index is 11.8. The predicted octanol–water partition coefficient (Wildman–Crippen LogP) is 3.84. The highest BCUT2D eigenvalue weighted by atomic mass is 79.9. The molecular formula is C15H8BrClN2O2. The lowest BCUT2D eigenvalue weighted by atomic mass is 10.2. The summed E-state index contributed by atoms with van der Waals surface area (Å²) in [7, 11) is 0. The molecule has 2 heterocycles. The molecule has 1 aromatic carbocycles. The molecule has 0 unspecified atom stereocenters. The molecule has 104 valence electrons. The Kier molecular flexibility index (Phi) is 3.86. The zero-order valence-corrected chi connectivity index (χ0v) is 12.9. The molecule has 0 radical (unpaired) electrons. The summed E-state index contributed by atoms with van der Waals surface area (Å²) in [6.45, 7) is 0. The van der Waals surface area contributed by atoms with Gasteiger partial charge in [-0.05, 0) is 35.9 Å². The number of aromatic nitrogens is 1. The number of halogens is 2. The van der Waals surface area contributed by atoms with E-state index >= 15 is 0 Å². The van der Waals surface area contributed by atoms with Gasteiger partial charge in [-0.2, -0.15) is 0 Å². The molecule has 0 atom stereocenters. The first-order valence-electron chi connectivity index (χ1n) is 6.02. The summed E-state index contributed by atoms with van der Waals surface area (Å²) in [6, 6.07) is 10.7. The van der Waals surface area contributed by atoms with Crippen LogP contribution < -0.4 is 0 Å². The minimum Gasteiger partial charge on any atom is -0.400 e. The van der Waals surface area contributed by atoms with Gasteiger partial charge in [-0.15, -0.1) is 0 Å². The zero-order chi connectivity index (χ0) is 14.8. The lowest BCUT2D eigenvalue weighted by molar-refractivity contribution is -0.129. The molecule has 2 aromatic rings. The quantitative estimate of drug-likeness (QED) is 0.602. The first-order valence-corrected chi connectivity index (χ1v) is 7.19. The van der Waals surface area contributed by atoms with E-state index in [9.17, 15) is 4.79 Å². The van der Waals surface area contributed by atoms with E-state index in [0.717, 1.165) is 10.0 Å². The van der Waals surface area contributed by atoms with Crippen LogP contribution in [0.15, 0.2) is 57.8 Å². The van der Waals surface area contributed by atoms with Crippen molar-refractivity contribution in [2.75, 3.05) is 0 Å². The molecule has 0 N–H and O–H groups in total. The third-order valence-electron chi connectivity index (χ3n) is 2.73. The highest BCUT2D eigenvalue weighted by Gasteiger charge is 2.25. The summed E-state index contributed by atoms with van der Waals surface area (Å²) in [6.07, 6.45) is 3.19. The van der Waals surface area contributed by atoms with Gasteiger partial charge in [0.15, 0.2) is 5.70 Å². The Hall–Kier alpha value is -1.98. The molecule has 0 aliphatic carbocycles. The summed E-state index contributed by atoms with van der Waals surface area (Å²) in [5.41, 5.74) is 1.51. The van der Waals surface area contributed by atoms with E-state index in [-0.39, 0.29) is 11.6 Å². The van der Waals surface area contributed by atoms with Crippen molar-refractivity contribution in [2.45, 2.75) is 0 Å². The van der Waals surface area contributed by atoms with Gasteiger partial charge in [0.2, 0.25) is 5.90 Å². The molecule has 1 aliphatic heterocycles. The van der Waals surface area contributed by atoms with Gasteiger partial charge in [0.1, 0.15) is 5.69 Å². The van der Waals surface area contributed by atoms with Crippen molar-refractivity contribution in [3.05, 3.63) is 69.0 Å². The largest absolute Gasteiger partial charge is 0.400 e. The van der Waals surface area contributed by atoms with Crippen molar-refractivity contribution in [3.63, 3.8) is 0 Å². The number of rotatable bonds is 2. The van der Waals surface area contributed by atoms with Crippen molar-refractivity contribution >= 4 is 45.5 Å². The summed E-state index contributed by atoms with van der Waals surface area (Å²) >= 11 is 9.24. The Labute approximate surface area is 134 Å². The number of esters is 1.